The first kappa shape index (κ1) is 16.8. The summed E-state index contributed by atoms with van der Waals surface area (Å²) in [5.41, 5.74) is 4.08. The first-order chi connectivity index (χ1) is 13.3. The second-order valence-electron chi connectivity index (χ2n) is 6.11. The van der Waals surface area contributed by atoms with Gasteiger partial charge in [-0.15, -0.1) is 0 Å². The maximum absolute atomic E-state index is 12.8. The molecule has 0 N–H and O–H groups in total. The smallest absolute Gasteiger partial charge is 0.216 e. The van der Waals surface area contributed by atoms with Crippen LogP contribution in [-0.4, -0.2) is 22.4 Å². The monoisotopic (exact) mass is 354 g/mol. The number of carbonyl (C=O) groups is 1. The molecule has 0 amide bonds. The Morgan fingerprint density at radius 2 is 1.63 bits per heavy atom. The summed E-state index contributed by atoms with van der Waals surface area (Å²) in [5.74, 6) is 0.383. The van der Waals surface area contributed by atoms with Crippen molar-refractivity contribution < 1.29 is 9.53 Å². The van der Waals surface area contributed by atoms with E-state index in [1.165, 1.54) is 0 Å². The van der Waals surface area contributed by atoms with Crippen LogP contribution in [0.2, 0.25) is 0 Å². The van der Waals surface area contributed by atoms with Crippen molar-refractivity contribution in [3.63, 3.8) is 0 Å². The molecule has 4 aromatic rings. The maximum Gasteiger partial charge on any atom is 0.216 e. The van der Waals surface area contributed by atoms with E-state index in [1.807, 2.05) is 47.0 Å². The van der Waals surface area contributed by atoms with E-state index in [1.54, 1.807) is 31.8 Å². The number of benzene rings is 3. The lowest BCUT2D eigenvalue weighted by Crippen LogP contribution is -2.04. The summed E-state index contributed by atoms with van der Waals surface area (Å²) >= 11 is 0. The molecule has 0 aliphatic heterocycles. The van der Waals surface area contributed by atoms with Crippen molar-refractivity contribution in [2.75, 3.05) is 7.11 Å². The first-order valence-corrected chi connectivity index (χ1v) is 8.64. The van der Waals surface area contributed by atoms with Crippen LogP contribution in [0.25, 0.3) is 16.8 Å². The minimum Gasteiger partial charge on any atom is -0.496 e. The molecule has 4 heteroatoms. The molecule has 0 spiro atoms. The fourth-order valence-corrected chi connectivity index (χ4v) is 3.03. The predicted octanol–water partition coefficient (Wildman–Crippen LogP) is 4.78. The van der Waals surface area contributed by atoms with Crippen LogP contribution in [0.1, 0.15) is 16.1 Å². The van der Waals surface area contributed by atoms with Gasteiger partial charge in [-0.3, -0.25) is 4.79 Å². The molecule has 3 aromatic carbocycles. The Morgan fingerprint density at radius 3 is 2.44 bits per heavy atom. The minimum absolute atomic E-state index is 0.162. The number of hydrogen-bond acceptors (Lipinski definition) is 3. The highest BCUT2D eigenvalue weighted by molar-refractivity contribution is 6.09. The van der Waals surface area contributed by atoms with Gasteiger partial charge in [0.15, 0.2) is 0 Å². The highest BCUT2D eigenvalue weighted by Crippen LogP contribution is 2.23. The summed E-state index contributed by atoms with van der Waals surface area (Å²) in [4.78, 5) is 17.1. The number of ether oxygens (including phenoxy) is 1. The third-order valence-electron chi connectivity index (χ3n) is 4.42. The molecule has 0 aliphatic rings. The second kappa shape index (κ2) is 7.30. The Morgan fingerprint density at radius 1 is 0.889 bits per heavy atom. The molecule has 0 saturated heterocycles. The van der Waals surface area contributed by atoms with Crippen molar-refractivity contribution in [3.05, 3.63) is 103 Å². The predicted molar refractivity (Wildman–Crippen MR) is 105 cm³/mol. The lowest BCUT2D eigenvalue weighted by molar-refractivity contribution is 0.103. The largest absolute Gasteiger partial charge is 0.496 e. The van der Waals surface area contributed by atoms with E-state index in [-0.39, 0.29) is 5.78 Å². The van der Waals surface area contributed by atoms with Crippen molar-refractivity contribution in [3.8, 4) is 22.6 Å². The van der Waals surface area contributed by atoms with E-state index < -0.39 is 0 Å². The van der Waals surface area contributed by atoms with Gasteiger partial charge in [0.25, 0.3) is 0 Å². The Bertz CT molecular complexity index is 1080. The highest BCUT2D eigenvalue weighted by atomic mass is 16.5. The van der Waals surface area contributed by atoms with Gasteiger partial charge in [0.05, 0.1) is 12.7 Å². The van der Waals surface area contributed by atoms with E-state index >= 15 is 0 Å². The topological polar surface area (TPSA) is 44.1 Å². The van der Waals surface area contributed by atoms with Gasteiger partial charge in [0.2, 0.25) is 5.78 Å². The molecular formula is C23H18N2O2. The van der Waals surface area contributed by atoms with Gasteiger partial charge in [-0.1, -0.05) is 54.6 Å². The first-order valence-electron chi connectivity index (χ1n) is 8.64. The van der Waals surface area contributed by atoms with Crippen molar-refractivity contribution >= 4 is 5.78 Å². The molecule has 0 radical (unpaired) electrons. The zero-order chi connectivity index (χ0) is 18.6. The van der Waals surface area contributed by atoms with Crippen molar-refractivity contribution in [2.24, 2.45) is 0 Å². The second-order valence-corrected chi connectivity index (χ2v) is 6.11. The lowest BCUT2D eigenvalue weighted by atomic mass is 10.1. The number of rotatable bonds is 5. The summed E-state index contributed by atoms with van der Waals surface area (Å²) in [7, 11) is 1.56. The molecule has 0 atom stereocenters. The van der Waals surface area contributed by atoms with Gasteiger partial charge >= 0.3 is 0 Å². The third-order valence-corrected chi connectivity index (χ3v) is 4.42. The fourth-order valence-electron chi connectivity index (χ4n) is 3.03. The number of carbonyl (C=O) groups excluding carboxylic acids is 1. The van der Waals surface area contributed by atoms with Crippen LogP contribution < -0.4 is 4.74 Å². The van der Waals surface area contributed by atoms with E-state index in [9.17, 15) is 4.79 Å². The molecule has 27 heavy (non-hydrogen) atoms. The normalized spacial score (nSPS) is 10.6. The van der Waals surface area contributed by atoms with Crippen LogP contribution in [0.4, 0.5) is 0 Å². The van der Waals surface area contributed by atoms with Crippen LogP contribution in [0.15, 0.2) is 91.4 Å². The number of hydrogen-bond donors (Lipinski definition) is 0. The van der Waals surface area contributed by atoms with Gasteiger partial charge in [-0.2, -0.15) is 0 Å². The van der Waals surface area contributed by atoms with Crippen molar-refractivity contribution in [1.82, 2.24) is 9.55 Å². The van der Waals surface area contributed by atoms with Gasteiger partial charge in [0, 0.05) is 11.9 Å². The van der Waals surface area contributed by atoms with Crippen LogP contribution >= 0.6 is 0 Å². The molecule has 0 bridgehead atoms. The van der Waals surface area contributed by atoms with Gasteiger partial charge < -0.3 is 9.30 Å². The van der Waals surface area contributed by atoms with Crippen molar-refractivity contribution in [2.45, 2.75) is 0 Å². The SMILES string of the molecule is COc1ccccc1C(=O)c1cn(-c2cccc(-c3ccccc3)c2)cn1. The van der Waals surface area contributed by atoms with Crippen LogP contribution in [0.3, 0.4) is 0 Å². The Balaban J connectivity index is 1.66. The quantitative estimate of drug-likeness (QED) is 0.485. The molecule has 0 fully saturated rings. The van der Waals surface area contributed by atoms with E-state index in [2.05, 4.69) is 29.2 Å². The van der Waals surface area contributed by atoms with Gasteiger partial charge in [-0.05, 0) is 35.4 Å². The summed E-state index contributed by atoms with van der Waals surface area (Å²) in [6.07, 6.45) is 3.41. The molecule has 4 nitrogen and oxygen atoms in total. The van der Waals surface area contributed by atoms with Gasteiger partial charge in [0.1, 0.15) is 17.8 Å². The van der Waals surface area contributed by atoms with Crippen LogP contribution in [0.5, 0.6) is 5.75 Å². The molecule has 1 heterocycles. The van der Waals surface area contributed by atoms with Crippen molar-refractivity contribution in [1.29, 1.82) is 0 Å². The molecule has 4 rings (SSSR count). The number of aromatic nitrogens is 2. The number of imidazole rings is 1. The molecule has 0 unspecified atom stereocenters. The average Bonchev–Trinajstić information content (AvgIpc) is 3.24. The maximum atomic E-state index is 12.8. The van der Waals surface area contributed by atoms with Crippen LogP contribution in [-0.2, 0) is 0 Å². The third kappa shape index (κ3) is 3.37. The van der Waals surface area contributed by atoms with Gasteiger partial charge in [-0.25, -0.2) is 4.98 Å². The number of methoxy groups -OCH3 is 1. The Hall–Kier alpha value is -3.66. The summed E-state index contributed by atoms with van der Waals surface area (Å²) < 4.78 is 7.14. The lowest BCUT2D eigenvalue weighted by Gasteiger charge is -2.06. The molecule has 0 aliphatic carbocycles. The highest BCUT2D eigenvalue weighted by Gasteiger charge is 2.16. The molecule has 132 valence electrons. The minimum atomic E-state index is -0.162. The summed E-state index contributed by atoms with van der Waals surface area (Å²) in [6, 6.07) is 25.5. The number of para-hydroxylation sites is 1. The number of nitrogens with zero attached hydrogens (tertiary/aromatic N) is 2. The summed E-state index contributed by atoms with van der Waals surface area (Å²) in [6.45, 7) is 0. The summed E-state index contributed by atoms with van der Waals surface area (Å²) in [5, 5.41) is 0. The number of ketones is 1. The van der Waals surface area contributed by atoms with E-state index in [4.69, 9.17) is 4.74 Å². The Labute approximate surface area is 157 Å². The zero-order valence-electron chi connectivity index (χ0n) is 14.9. The average molecular weight is 354 g/mol. The molecule has 0 saturated carbocycles. The Kier molecular flexibility index (Phi) is 4.54. The molecular weight excluding hydrogens is 336 g/mol. The van der Waals surface area contributed by atoms with E-state index in [0.29, 0.717) is 17.0 Å². The molecule has 1 aromatic heterocycles. The zero-order valence-corrected chi connectivity index (χ0v) is 14.9. The van der Waals surface area contributed by atoms with E-state index in [0.717, 1.165) is 16.8 Å². The standard InChI is InChI=1S/C23H18N2O2/c1-27-22-13-6-5-12-20(22)23(26)21-15-25(16-24-21)19-11-7-10-18(14-19)17-8-3-2-4-9-17/h2-16H,1H3. The fraction of sp³-hybridized carbons (Fsp3) is 0.0435. The van der Waals surface area contributed by atoms with Crippen LogP contribution in [0, 0.1) is 0 Å².